The number of carbonyl (C=O) groups excluding carboxylic acids is 2. The standard InChI is InChI=1S/C24H21FN4O5S/c25-17-8-10-18(11-9-17)27-24(31)22(13-16-14-26-21-7-2-1-6-20(16)21)29-35(33,34)19-5-3-4-15(12-19)23(30)28-32/h1-12,14,22,26,29,32H,13H2,(H,27,31)(H,28,30)/t22-/m0/s1. The quantitative estimate of drug-likeness (QED) is 0.188. The molecule has 35 heavy (non-hydrogen) atoms. The van der Waals surface area contributed by atoms with Gasteiger partial charge in [-0.05, 0) is 60.5 Å². The lowest BCUT2D eigenvalue weighted by Gasteiger charge is -2.19. The number of para-hydroxylation sites is 1. The second kappa shape index (κ2) is 10.1. The molecular formula is C24H21FN4O5S. The second-order valence-electron chi connectivity index (χ2n) is 7.70. The number of benzene rings is 3. The maximum atomic E-state index is 13.3. The molecule has 0 aliphatic heterocycles. The third-order valence-corrected chi connectivity index (χ3v) is 6.80. The van der Waals surface area contributed by atoms with Gasteiger partial charge in [-0.3, -0.25) is 14.8 Å². The highest BCUT2D eigenvalue weighted by Crippen LogP contribution is 2.21. The Morgan fingerprint density at radius 3 is 2.49 bits per heavy atom. The maximum absolute atomic E-state index is 13.3. The number of aromatic amines is 1. The van der Waals surface area contributed by atoms with Crippen LogP contribution in [0.4, 0.5) is 10.1 Å². The summed E-state index contributed by atoms with van der Waals surface area (Å²) in [6, 6.07) is 16.2. The van der Waals surface area contributed by atoms with E-state index in [2.05, 4.69) is 15.0 Å². The van der Waals surface area contributed by atoms with E-state index >= 15 is 0 Å². The number of H-pyrrole nitrogens is 1. The first kappa shape index (κ1) is 24.1. The molecule has 0 spiro atoms. The lowest BCUT2D eigenvalue weighted by Crippen LogP contribution is -2.45. The summed E-state index contributed by atoms with van der Waals surface area (Å²) in [6.45, 7) is 0. The first-order valence-corrected chi connectivity index (χ1v) is 11.9. The van der Waals surface area contributed by atoms with Crippen LogP contribution < -0.4 is 15.5 Å². The summed E-state index contributed by atoms with van der Waals surface area (Å²) in [7, 11) is -4.27. The van der Waals surface area contributed by atoms with Gasteiger partial charge in [0.25, 0.3) is 5.91 Å². The second-order valence-corrected chi connectivity index (χ2v) is 9.42. The maximum Gasteiger partial charge on any atom is 0.274 e. The fourth-order valence-electron chi connectivity index (χ4n) is 3.60. The molecule has 4 rings (SSSR count). The van der Waals surface area contributed by atoms with Crippen molar-refractivity contribution in [2.45, 2.75) is 17.4 Å². The molecule has 0 radical (unpaired) electrons. The van der Waals surface area contributed by atoms with Crippen molar-refractivity contribution in [2.24, 2.45) is 0 Å². The molecule has 4 aromatic rings. The van der Waals surface area contributed by atoms with Crippen molar-refractivity contribution in [3.63, 3.8) is 0 Å². The third kappa shape index (κ3) is 5.54. The Bertz CT molecular complexity index is 1490. The van der Waals surface area contributed by atoms with Gasteiger partial charge in [0.2, 0.25) is 15.9 Å². The average molecular weight is 497 g/mol. The molecule has 0 unspecified atom stereocenters. The van der Waals surface area contributed by atoms with Crippen LogP contribution in [0.2, 0.25) is 0 Å². The number of hydrogen-bond acceptors (Lipinski definition) is 5. The number of halogens is 1. The van der Waals surface area contributed by atoms with E-state index in [1.807, 2.05) is 24.3 Å². The van der Waals surface area contributed by atoms with Crippen molar-refractivity contribution in [1.29, 1.82) is 0 Å². The number of aromatic nitrogens is 1. The van der Waals surface area contributed by atoms with Gasteiger partial charge in [0.05, 0.1) is 4.90 Å². The topological polar surface area (TPSA) is 140 Å². The molecule has 11 heteroatoms. The van der Waals surface area contributed by atoms with Crippen LogP contribution in [0.3, 0.4) is 0 Å². The Kier molecular flexibility index (Phi) is 6.92. The molecule has 1 heterocycles. The monoisotopic (exact) mass is 496 g/mol. The summed E-state index contributed by atoms with van der Waals surface area (Å²) in [5.41, 5.74) is 3.19. The predicted octanol–water partition coefficient (Wildman–Crippen LogP) is 2.95. The van der Waals surface area contributed by atoms with Gasteiger partial charge in [0, 0.05) is 28.4 Å². The van der Waals surface area contributed by atoms with Gasteiger partial charge in [-0.25, -0.2) is 18.3 Å². The Labute approximate surface area is 200 Å². The fraction of sp³-hybridized carbons (Fsp3) is 0.0833. The van der Waals surface area contributed by atoms with Gasteiger partial charge in [-0.2, -0.15) is 4.72 Å². The number of nitrogens with one attached hydrogen (secondary N) is 4. The van der Waals surface area contributed by atoms with Gasteiger partial charge in [0.1, 0.15) is 11.9 Å². The number of hydrogen-bond donors (Lipinski definition) is 5. The molecule has 180 valence electrons. The highest BCUT2D eigenvalue weighted by molar-refractivity contribution is 7.89. The Balaban J connectivity index is 1.65. The zero-order chi connectivity index (χ0) is 25.0. The summed E-state index contributed by atoms with van der Waals surface area (Å²) in [5.74, 6) is -2.02. The number of hydroxylamine groups is 1. The first-order valence-electron chi connectivity index (χ1n) is 10.4. The largest absolute Gasteiger partial charge is 0.361 e. The van der Waals surface area contributed by atoms with Crippen LogP contribution in [0.5, 0.6) is 0 Å². The molecule has 0 aliphatic rings. The number of rotatable bonds is 8. The average Bonchev–Trinajstić information content (AvgIpc) is 3.27. The molecule has 0 saturated heterocycles. The van der Waals surface area contributed by atoms with Crippen molar-refractivity contribution < 1.29 is 27.6 Å². The smallest absolute Gasteiger partial charge is 0.274 e. The zero-order valence-corrected chi connectivity index (χ0v) is 19.0. The molecule has 0 aliphatic carbocycles. The zero-order valence-electron chi connectivity index (χ0n) is 18.2. The van der Waals surface area contributed by atoms with E-state index in [1.54, 1.807) is 6.20 Å². The minimum absolute atomic E-state index is 0.00703. The molecule has 0 saturated carbocycles. The van der Waals surface area contributed by atoms with Crippen LogP contribution in [0.15, 0.2) is 83.9 Å². The molecule has 0 bridgehead atoms. The summed E-state index contributed by atoms with van der Waals surface area (Å²) < 4.78 is 42.0. The van der Waals surface area contributed by atoms with E-state index in [0.29, 0.717) is 11.3 Å². The van der Waals surface area contributed by atoms with Gasteiger partial charge in [-0.15, -0.1) is 0 Å². The molecule has 5 N–H and O–H groups in total. The first-order chi connectivity index (χ1) is 16.8. The van der Waals surface area contributed by atoms with E-state index in [0.717, 1.165) is 17.0 Å². The van der Waals surface area contributed by atoms with E-state index < -0.39 is 33.7 Å². The van der Waals surface area contributed by atoms with Crippen LogP contribution in [-0.2, 0) is 21.2 Å². The minimum atomic E-state index is -4.27. The molecule has 9 nitrogen and oxygen atoms in total. The minimum Gasteiger partial charge on any atom is -0.361 e. The van der Waals surface area contributed by atoms with Crippen LogP contribution in [0.1, 0.15) is 15.9 Å². The van der Waals surface area contributed by atoms with Crippen molar-refractivity contribution in [2.75, 3.05) is 5.32 Å². The summed E-state index contributed by atoms with van der Waals surface area (Å²) in [5, 5.41) is 12.3. The van der Waals surface area contributed by atoms with E-state index in [1.165, 1.54) is 47.9 Å². The fourth-order valence-corrected chi connectivity index (χ4v) is 4.84. The van der Waals surface area contributed by atoms with Crippen LogP contribution in [0.25, 0.3) is 10.9 Å². The van der Waals surface area contributed by atoms with Gasteiger partial charge in [0.15, 0.2) is 0 Å². The van der Waals surface area contributed by atoms with Crippen molar-refractivity contribution in [1.82, 2.24) is 15.2 Å². The Hall–Kier alpha value is -4.06. The molecule has 1 atom stereocenters. The number of amides is 2. The molecule has 1 aromatic heterocycles. The van der Waals surface area contributed by atoms with E-state index in [9.17, 15) is 22.4 Å². The van der Waals surface area contributed by atoms with Gasteiger partial charge >= 0.3 is 0 Å². The predicted molar refractivity (Wildman–Crippen MR) is 127 cm³/mol. The SMILES string of the molecule is O=C(NO)c1cccc(S(=O)(=O)N[C@@H](Cc2c[nH]c3ccccc23)C(=O)Nc2ccc(F)cc2)c1. The molecule has 2 amide bonds. The number of fused-ring (bicyclic) bond motifs is 1. The molecular weight excluding hydrogens is 475 g/mol. The number of anilines is 1. The lowest BCUT2D eigenvalue weighted by molar-refractivity contribution is -0.117. The number of sulfonamides is 1. The van der Waals surface area contributed by atoms with Crippen LogP contribution in [-0.4, -0.2) is 36.5 Å². The lowest BCUT2D eigenvalue weighted by atomic mass is 10.0. The third-order valence-electron chi connectivity index (χ3n) is 5.33. The molecule has 3 aromatic carbocycles. The van der Waals surface area contributed by atoms with Crippen molar-refractivity contribution in [3.05, 3.63) is 95.9 Å². The Morgan fingerprint density at radius 1 is 1.00 bits per heavy atom. The summed E-state index contributed by atoms with van der Waals surface area (Å²) >= 11 is 0. The van der Waals surface area contributed by atoms with E-state index in [-0.39, 0.29) is 16.9 Å². The Morgan fingerprint density at radius 2 is 1.74 bits per heavy atom. The normalized spacial score (nSPS) is 12.3. The highest BCUT2D eigenvalue weighted by atomic mass is 32.2. The molecule has 0 fully saturated rings. The van der Waals surface area contributed by atoms with Gasteiger partial charge in [-0.1, -0.05) is 24.3 Å². The van der Waals surface area contributed by atoms with Crippen molar-refractivity contribution >= 4 is 38.4 Å². The van der Waals surface area contributed by atoms with Crippen LogP contribution >= 0.6 is 0 Å². The van der Waals surface area contributed by atoms with E-state index in [4.69, 9.17) is 5.21 Å². The summed E-state index contributed by atoms with van der Waals surface area (Å²) in [4.78, 5) is 27.7. The summed E-state index contributed by atoms with van der Waals surface area (Å²) in [6.07, 6.45) is 1.70. The highest BCUT2D eigenvalue weighted by Gasteiger charge is 2.27. The number of carbonyl (C=O) groups is 2. The van der Waals surface area contributed by atoms with Crippen LogP contribution in [0, 0.1) is 5.82 Å². The van der Waals surface area contributed by atoms with Crippen molar-refractivity contribution in [3.8, 4) is 0 Å². The van der Waals surface area contributed by atoms with Gasteiger partial charge < -0.3 is 10.3 Å².